The van der Waals surface area contributed by atoms with E-state index in [9.17, 15) is 4.79 Å². The number of imidazole rings is 1. The highest BCUT2D eigenvalue weighted by Crippen LogP contribution is 2.11. The molecule has 0 bridgehead atoms. The monoisotopic (exact) mass is 333 g/mol. The molecule has 0 saturated heterocycles. The van der Waals surface area contributed by atoms with Crippen LogP contribution in [0.15, 0.2) is 10.9 Å². The highest BCUT2D eigenvalue weighted by Gasteiger charge is 2.13. The minimum atomic E-state index is -0.412. The summed E-state index contributed by atoms with van der Waals surface area (Å²) in [5.41, 5.74) is 0.294. The lowest BCUT2D eigenvalue weighted by atomic mass is 10.5. The predicted molar refractivity (Wildman–Crippen MR) is 74.1 cm³/mol. The van der Waals surface area contributed by atoms with Crippen molar-refractivity contribution >= 4 is 30.7 Å². The van der Waals surface area contributed by atoms with Gasteiger partial charge in [0, 0.05) is 12.8 Å². The molecule has 1 aromatic rings. The van der Waals surface area contributed by atoms with Crippen molar-refractivity contribution in [1.29, 1.82) is 0 Å². The van der Waals surface area contributed by atoms with E-state index >= 15 is 0 Å². The number of carbonyl (C=O) groups excluding carboxylic acids is 1. The normalized spacial score (nSPS) is 10.9. The van der Waals surface area contributed by atoms with E-state index in [1.807, 2.05) is 0 Å². The quantitative estimate of drug-likeness (QED) is 0.437. The Morgan fingerprint density at radius 2 is 2.28 bits per heavy atom. The fraction of sp³-hybridized carbons (Fsp3) is 0.636. The third-order valence-electron chi connectivity index (χ3n) is 2.19. The van der Waals surface area contributed by atoms with Gasteiger partial charge in [-0.2, -0.15) is 19.1 Å². The van der Waals surface area contributed by atoms with Gasteiger partial charge in [-0.1, -0.05) is 0 Å². The third-order valence-corrected chi connectivity index (χ3v) is 4.03. The molecule has 0 aliphatic carbocycles. The average Bonchev–Trinajstić information content (AvgIpc) is 2.67. The van der Waals surface area contributed by atoms with Crippen molar-refractivity contribution in [3.8, 4) is 0 Å². The van der Waals surface area contributed by atoms with Gasteiger partial charge in [-0.15, -0.1) is 0 Å². The molecule has 0 amide bonds. The van der Waals surface area contributed by atoms with E-state index in [1.165, 1.54) is 0 Å². The van der Waals surface area contributed by atoms with Gasteiger partial charge in [-0.05, 0) is 22.9 Å². The Hall–Kier alpha value is -0.663. The largest absolute Gasteiger partial charge is 0.461 e. The summed E-state index contributed by atoms with van der Waals surface area (Å²) in [5.74, 6) is -0.412. The highest BCUT2D eigenvalue weighted by atomic mass is 79.9. The molecule has 0 atom stereocenters. The summed E-state index contributed by atoms with van der Waals surface area (Å²) in [4.78, 5) is 15.5. The van der Waals surface area contributed by atoms with Crippen LogP contribution in [0.25, 0.3) is 0 Å². The van der Waals surface area contributed by atoms with Gasteiger partial charge in [0.05, 0.1) is 6.61 Å². The molecule has 1 heterocycles. The lowest BCUT2D eigenvalue weighted by Gasteiger charge is -2.15. The maximum Gasteiger partial charge on any atom is 0.358 e. The molecule has 18 heavy (non-hydrogen) atoms. The summed E-state index contributed by atoms with van der Waals surface area (Å²) in [6.07, 6.45) is 1.63. The van der Waals surface area contributed by atoms with Crippen LogP contribution in [-0.2, 0) is 16.2 Å². The van der Waals surface area contributed by atoms with Gasteiger partial charge >= 0.3 is 5.97 Å². The second kappa shape index (κ2) is 7.70. The number of ether oxygens (including phenoxy) is 2. The minimum absolute atomic E-state index is 0.249. The van der Waals surface area contributed by atoms with Crippen LogP contribution in [-0.4, -0.2) is 37.5 Å². The predicted octanol–water partition coefficient (Wildman–Crippen LogP) is 2.55. The first-order valence-corrected chi connectivity index (χ1v) is 9.31. The first kappa shape index (κ1) is 15.4. The van der Waals surface area contributed by atoms with Gasteiger partial charge in [0.2, 0.25) is 0 Å². The number of nitrogens with zero attached hydrogens (tertiary/aromatic N) is 2. The zero-order chi connectivity index (χ0) is 13.5. The fourth-order valence-electron chi connectivity index (χ4n) is 1.23. The lowest BCUT2D eigenvalue weighted by Crippen LogP contribution is -2.08. The molecule has 0 aromatic carbocycles. The molecule has 0 N–H and O–H groups in total. The van der Waals surface area contributed by atoms with Crippen LogP contribution in [0, 0.1) is 0 Å². The molecule has 1 rings (SSSR count). The van der Waals surface area contributed by atoms with E-state index in [-0.39, 0.29) is 8.80 Å². The van der Waals surface area contributed by atoms with Gasteiger partial charge in [0.1, 0.15) is 6.73 Å². The van der Waals surface area contributed by atoms with Crippen LogP contribution in [0.2, 0.25) is 19.1 Å². The maximum atomic E-state index is 11.5. The lowest BCUT2D eigenvalue weighted by molar-refractivity contribution is 0.0519. The van der Waals surface area contributed by atoms with E-state index < -0.39 is 5.97 Å². The molecule has 0 spiro atoms. The van der Waals surface area contributed by atoms with Crippen LogP contribution >= 0.6 is 15.9 Å². The molecule has 102 valence electrons. The van der Waals surface area contributed by atoms with Gasteiger partial charge in [0.25, 0.3) is 0 Å². The van der Waals surface area contributed by atoms with E-state index in [0.29, 0.717) is 23.8 Å². The number of carbonyl (C=O) groups is 1. The molecule has 0 unspecified atom stereocenters. The first-order chi connectivity index (χ1) is 8.54. The van der Waals surface area contributed by atoms with E-state index in [0.717, 1.165) is 12.7 Å². The standard InChI is InChI=1S/C11H18BrN2O3Si/c1-4-17-10(15)9-7-14(11(12)13-9)8-16-5-6-18(2)3/h7H,4-6,8H2,1-3H3/q-1. The summed E-state index contributed by atoms with van der Waals surface area (Å²) in [6, 6.07) is 1.11. The second-order valence-electron chi connectivity index (χ2n) is 4.08. The number of halogens is 1. The zero-order valence-corrected chi connectivity index (χ0v) is 13.5. The summed E-state index contributed by atoms with van der Waals surface area (Å²) in [6.45, 7) is 7.74. The van der Waals surface area contributed by atoms with Crippen LogP contribution in [0.3, 0.4) is 0 Å². The number of rotatable bonds is 7. The highest BCUT2D eigenvalue weighted by molar-refractivity contribution is 9.10. The fourth-order valence-corrected chi connectivity index (χ4v) is 2.17. The number of aromatic nitrogens is 2. The molecule has 0 fully saturated rings. The van der Waals surface area contributed by atoms with Crippen molar-refractivity contribution < 1.29 is 14.3 Å². The Bertz CT molecular complexity index is 396. The van der Waals surface area contributed by atoms with Crippen molar-refractivity contribution in [2.45, 2.75) is 32.8 Å². The van der Waals surface area contributed by atoms with Crippen molar-refractivity contribution in [1.82, 2.24) is 9.55 Å². The smallest absolute Gasteiger partial charge is 0.358 e. The van der Waals surface area contributed by atoms with E-state index in [2.05, 4.69) is 34.0 Å². The Labute approximate surface area is 117 Å². The molecule has 0 aliphatic rings. The minimum Gasteiger partial charge on any atom is -0.461 e. The molecule has 0 saturated carbocycles. The molecule has 1 aromatic heterocycles. The summed E-state index contributed by atoms with van der Waals surface area (Å²) < 4.78 is 12.7. The Morgan fingerprint density at radius 3 is 2.89 bits per heavy atom. The SMILES string of the molecule is CCOC(=O)c1cn(COCC[Si-](C)C)c(Br)n1. The van der Waals surface area contributed by atoms with Crippen molar-refractivity contribution in [3.05, 3.63) is 16.6 Å². The molecule has 7 heteroatoms. The average molecular weight is 334 g/mol. The van der Waals surface area contributed by atoms with E-state index in [1.54, 1.807) is 17.7 Å². The van der Waals surface area contributed by atoms with E-state index in [4.69, 9.17) is 9.47 Å². The zero-order valence-electron chi connectivity index (χ0n) is 10.9. The van der Waals surface area contributed by atoms with Crippen LogP contribution < -0.4 is 0 Å². The topological polar surface area (TPSA) is 53.4 Å². The van der Waals surface area contributed by atoms with Crippen LogP contribution in [0.4, 0.5) is 0 Å². The van der Waals surface area contributed by atoms with Crippen molar-refractivity contribution in [2.24, 2.45) is 0 Å². The van der Waals surface area contributed by atoms with Crippen molar-refractivity contribution in [2.75, 3.05) is 13.2 Å². The molecule has 0 aliphatic heterocycles. The molecule has 0 radical (unpaired) electrons. The molecule has 5 nitrogen and oxygen atoms in total. The number of hydrogen-bond acceptors (Lipinski definition) is 4. The summed E-state index contributed by atoms with van der Waals surface area (Å²) >= 11 is 3.29. The van der Waals surface area contributed by atoms with Gasteiger partial charge < -0.3 is 14.0 Å². The Balaban J connectivity index is 2.49. The molecular weight excluding hydrogens is 316 g/mol. The molecular formula is C11H18BrN2O3Si-. The summed E-state index contributed by atoms with van der Waals surface area (Å²) in [7, 11) is -0.249. The van der Waals surface area contributed by atoms with Crippen LogP contribution in [0.1, 0.15) is 17.4 Å². The number of esters is 1. The maximum absolute atomic E-state index is 11.5. The number of hydrogen-bond donors (Lipinski definition) is 0. The van der Waals surface area contributed by atoms with Gasteiger partial charge in [0.15, 0.2) is 10.4 Å². The van der Waals surface area contributed by atoms with Gasteiger partial charge in [-0.3, -0.25) is 8.80 Å². The summed E-state index contributed by atoms with van der Waals surface area (Å²) in [5, 5.41) is 0. The van der Waals surface area contributed by atoms with Crippen molar-refractivity contribution in [3.63, 3.8) is 0 Å². The third kappa shape index (κ3) is 4.91. The van der Waals surface area contributed by atoms with Crippen LogP contribution in [0.5, 0.6) is 0 Å². The Kier molecular flexibility index (Phi) is 6.59. The van der Waals surface area contributed by atoms with Gasteiger partial charge in [-0.25, -0.2) is 9.78 Å². The second-order valence-corrected chi connectivity index (χ2v) is 7.70. The Morgan fingerprint density at radius 1 is 1.56 bits per heavy atom. The first-order valence-electron chi connectivity index (χ1n) is 5.81.